The van der Waals surface area contributed by atoms with Crippen LogP contribution in [-0.4, -0.2) is 51.1 Å². The normalized spacial score (nSPS) is 20.3. The van der Waals surface area contributed by atoms with Gasteiger partial charge in [-0.05, 0) is 31.0 Å². The predicted molar refractivity (Wildman–Crippen MR) is 83.3 cm³/mol. The topological polar surface area (TPSA) is 109 Å². The summed E-state index contributed by atoms with van der Waals surface area (Å²) in [4.78, 5) is 10.9. The number of piperidine rings is 1. The van der Waals surface area contributed by atoms with Crippen LogP contribution in [0, 0.1) is 5.92 Å². The molecular formula is C14H19NO6S2. The fourth-order valence-electron chi connectivity index (χ4n) is 2.51. The maximum absolute atomic E-state index is 12.7. The first-order valence-corrected chi connectivity index (χ1v) is 10.3. The number of sulfone groups is 1. The molecule has 1 heterocycles. The Bertz CT molecular complexity index is 800. The molecule has 1 aliphatic heterocycles. The minimum atomic E-state index is -3.91. The van der Waals surface area contributed by atoms with Gasteiger partial charge in [-0.15, -0.1) is 0 Å². The van der Waals surface area contributed by atoms with E-state index in [0.29, 0.717) is 12.8 Å². The number of nitrogens with zero attached hydrogens (tertiary/aromatic N) is 1. The number of carboxylic acids is 1. The van der Waals surface area contributed by atoms with Crippen LogP contribution in [0.15, 0.2) is 34.1 Å². The summed E-state index contributed by atoms with van der Waals surface area (Å²) in [5.41, 5.74) is 0. The van der Waals surface area contributed by atoms with Crippen LogP contribution in [0.1, 0.15) is 19.8 Å². The van der Waals surface area contributed by atoms with Crippen molar-refractivity contribution in [3.63, 3.8) is 0 Å². The number of benzene rings is 1. The van der Waals surface area contributed by atoms with E-state index in [2.05, 4.69) is 0 Å². The Morgan fingerprint density at radius 3 is 2.52 bits per heavy atom. The van der Waals surface area contributed by atoms with Crippen LogP contribution in [0.25, 0.3) is 0 Å². The predicted octanol–water partition coefficient (Wildman–Crippen LogP) is 0.966. The second-order valence-electron chi connectivity index (χ2n) is 5.42. The Balaban J connectivity index is 2.37. The highest BCUT2D eigenvalue weighted by Crippen LogP contribution is 2.25. The zero-order valence-corrected chi connectivity index (χ0v) is 14.3. The Labute approximate surface area is 135 Å². The molecule has 23 heavy (non-hydrogen) atoms. The van der Waals surface area contributed by atoms with Gasteiger partial charge in [0.2, 0.25) is 10.0 Å². The highest BCUT2D eigenvalue weighted by molar-refractivity contribution is 7.91. The number of carbonyl (C=O) groups is 1. The molecule has 0 saturated carbocycles. The van der Waals surface area contributed by atoms with Gasteiger partial charge in [-0.1, -0.05) is 13.0 Å². The van der Waals surface area contributed by atoms with Gasteiger partial charge in [0.15, 0.2) is 9.84 Å². The molecule has 0 radical (unpaired) electrons. The average Bonchev–Trinajstić information content (AvgIpc) is 2.55. The number of hydrogen-bond donors (Lipinski definition) is 1. The molecule has 1 aromatic carbocycles. The summed E-state index contributed by atoms with van der Waals surface area (Å²) in [5.74, 6) is -1.88. The number of aliphatic carboxylic acids is 1. The molecule has 1 aromatic rings. The van der Waals surface area contributed by atoms with Crippen molar-refractivity contribution in [1.29, 1.82) is 0 Å². The molecule has 1 saturated heterocycles. The number of hydrogen-bond acceptors (Lipinski definition) is 5. The van der Waals surface area contributed by atoms with E-state index in [0.717, 1.165) is 10.4 Å². The lowest BCUT2D eigenvalue weighted by Gasteiger charge is -2.29. The van der Waals surface area contributed by atoms with Crippen molar-refractivity contribution in [3.05, 3.63) is 24.3 Å². The lowest BCUT2D eigenvalue weighted by Crippen LogP contribution is -2.42. The van der Waals surface area contributed by atoms with Gasteiger partial charge in [-0.3, -0.25) is 4.79 Å². The third-order valence-corrected chi connectivity index (χ3v) is 7.51. The summed E-state index contributed by atoms with van der Waals surface area (Å²) in [6, 6.07) is 5.20. The maximum atomic E-state index is 12.7. The van der Waals surface area contributed by atoms with Crippen molar-refractivity contribution in [2.24, 2.45) is 5.92 Å². The molecule has 1 atom stereocenters. The Hall–Kier alpha value is -1.45. The van der Waals surface area contributed by atoms with Crippen molar-refractivity contribution in [2.75, 3.05) is 18.8 Å². The fourth-order valence-corrected chi connectivity index (χ4v) is 5.08. The second-order valence-corrected chi connectivity index (χ2v) is 9.63. The Morgan fingerprint density at radius 2 is 1.91 bits per heavy atom. The smallest absolute Gasteiger partial charge is 0.307 e. The monoisotopic (exact) mass is 361 g/mol. The highest BCUT2D eigenvalue weighted by Gasteiger charge is 2.33. The van der Waals surface area contributed by atoms with E-state index in [-0.39, 0.29) is 28.6 Å². The molecule has 0 aliphatic carbocycles. The third kappa shape index (κ3) is 3.73. The van der Waals surface area contributed by atoms with Gasteiger partial charge in [0.25, 0.3) is 0 Å². The summed E-state index contributed by atoms with van der Waals surface area (Å²) in [5, 5.41) is 9.07. The summed E-state index contributed by atoms with van der Waals surface area (Å²) in [6.45, 7) is 1.62. The van der Waals surface area contributed by atoms with E-state index in [9.17, 15) is 21.6 Å². The first-order chi connectivity index (χ1) is 10.7. The molecule has 0 aromatic heterocycles. The first kappa shape index (κ1) is 17.9. The van der Waals surface area contributed by atoms with Gasteiger partial charge in [-0.2, -0.15) is 4.31 Å². The van der Waals surface area contributed by atoms with E-state index in [1.165, 1.54) is 25.1 Å². The van der Waals surface area contributed by atoms with Gasteiger partial charge >= 0.3 is 5.97 Å². The second kappa shape index (κ2) is 6.58. The van der Waals surface area contributed by atoms with Gasteiger partial charge in [0.1, 0.15) is 0 Å². The van der Waals surface area contributed by atoms with Crippen LogP contribution < -0.4 is 0 Å². The van der Waals surface area contributed by atoms with E-state index in [1.807, 2.05) is 0 Å². The molecule has 128 valence electrons. The lowest BCUT2D eigenvalue weighted by molar-refractivity contribution is -0.142. The van der Waals surface area contributed by atoms with E-state index in [4.69, 9.17) is 5.11 Å². The number of carboxylic acid groups (broad SMARTS) is 1. The lowest BCUT2D eigenvalue weighted by atomic mass is 10.0. The maximum Gasteiger partial charge on any atom is 0.307 e. The minimum absolute atomic E-state index is 0.0483. The third-order valence-electron chi connectivity index (χ3n) is 3.92. The van der Waals surface area contributed by atoms with Crippen molar-refractivity contribution in [2.45, 2.75) is 29.6 Å². The minimum Gasteiger partial charge on any atom is -0.481 e. The molecule has 1 aliphatic rings. The van der Waals surface area contributed by atoms with Gasteiger partial charge in [0.05, 0.1) is 21.5 Å². The molecule has 1 N–H and O–H groups in total. The van der Waals surface area contributed by atoms with Crippen molar-refractivity contribution < 1.29 is 26.7 Å². The summed E-state index contributed by atoms with van der Waals surface area (Å²) < 4.78 is 50.3. The SMILES string of the molecule is CCS(=O)(=O)c1cccc(S(=O)(=O)N2CCCC(C(=O)O)C2)c1. The van der Waals surface area contributed by atoms with Crippen molar-refractivity contribution >= 4 is 25.8 Å². The molecule has 0 amide bonds. The van der Waals surface area contributed by atoms with Gasteiger partial charge in [0, 0.05) is 13.1 Å². The molecule has 1 fully saturated rings. The quantitative estimate of drug-likeness (QED) is 0.837. The van der Waals surface area contributed by atoms with Crippen LogP contribution in [0.2, 0.25) is 0 Å². The van der Waals surface area contributed by atoms with Crippen LogP contribution in [0.3, 0.4) is 0 Å². The molecule has 0 bridgehead atoms. The van der Waals surface area contributed by atoms with E-state index in [1.54, 1.807) is 0 Å². The largest absolute Gasteiger partial charge is 0.481 e. The van der Waals surface area contributed by atoms with Crippen molar-refractivity contribution in [3.8, 4) is 0 Å². The van der Waals surface area contributed by atoms with Crippen LogP contribution in [0.4, 0.5) is 0 Å². The summed E-state index contributed by atoms with van der Waals surface area (Å²) in [7, 11) is -7.43. The van der Waals surface area contributed by atoms with Crippen LogP contribution in [-0.2, 0) is 24.7 Å². The average molecular weight is 361 g/mol. The fraction of sp³-hybridized carbons (Fsp3) is 0.500. The Kier molecular flexibility index (Phi) is 5.12. The van der Waals surface area contributed by atoms with E-state index < -0.39 is 31.7 Å². The summed E-state index contributed by atoms with van der Waals surface area (Å²) >= 11 is 0. The van der Waals surface area contributed by atoms with Gasteiger partial charge in [-0.25, -0.2) is 16.8 Å². The molecule has 9 heteroatoms. The van der Waals surface area contributed by atoms with E-state index >= 15 is 0 Å². The molecule has 0 spiro atoms. The highest BCUT2D eigenvalue weighted by atomic mass is 32.2. The molecular weight excluding hydrogens is 342 g/mol. The summed E-state index contributed by atoms with van der Waals surface area (Å²) in [6.07, 6.45) is 0.898. The number of rotatable bonds is 5. The van der Waals surface area contributed by atoms with Crippen LogP contribution in [0.5, 0.6) is 0 Å². The number of sulfonamides is 1. The zero-order chi connectivity index (χ0) is 17.3. The standard InChI is InChI=1S/C14H19NO6S2/c1-2-22(18,19)12-6-3-7-13(9-12)23(20,21)15-8-4-5-11(10-15)14(16)17/h3,6-7,9,11H,2,4-5,8,10H2,1H3,(H,16,17). The van der Waals surface area contributed by atoms with Gasteiger partial charge < -0.3 is 5.11 Å². The van der Waals surface area contributed by atoms with Crippen molar-refractivity contribution in [1.82, 2.24) is 4.31 Å². The molecule has 2 rings (SSSR count). The van der Waals surface area contributed by atoms with Crippen LogP contribution >= 0.6 is 0 Å². The first-order valence-electron chi connectivity index (χ1n) is 7.24. The molecule has 7 nitrogen and oxygen atoms in total. The zero-order valence-electron chi connectivity index (χ0n) is 12.7. The Morgan fingerprint density at radius 1 is 1.26 bits per heavy atom. The molecule has 1 unspecified atom stereocenters.